The van der Waals surface area contributed by atoms with Crippen LogP contribution in [0.25, 0.3) is 0 Å². The minimum absolute atomic E-state index is 0.0549. The quantitative estimate of drug-likeness (QED) is 0.834. The molecule has 2 N–H and O–H groups in total. The molecule has 0 fully saturated rings. The van der Waals surface area contributed by atoms with Crippen molar-refractivity contribution in [3.05, 3.63) is 47.9 Å². The fourth-order valence-corrected chi connectivity index (χ4v) is 1.48. The van der Waals surface area contributed by atoms with Gasteiger partial charge < -0.3 is 14.8 Å². The van der Waals surface area contributed by atoms with E-state index in [1.54, 1.807) is 12.3 Å². The highest BCUT2D eigenvalue weighted by Crippen LogP contribution is 2.16. The zero-order chi connectivity index (χ0) is 13.0. The van der Waals surface area contributed by atoms with Gasteiger partial charge in [0.1, 0.15) is 12.1 Å². The summed E-state index contributed by atoms with van der Waals surface area (Å²) < 4.78 is 5.20. The zero-order valence-electron chi connectivity index (χ0n) is 9.83. The highest BCUT2D eigenvalue weighted by molar-refractivity contribution is 5.84. The van der Waals surface area contributed by atoms with E-state index in [4.69, 9.17) is 9.52 Å². The van der Waals surface area contributed by atoms with E-state index >= 15 is 0 Å². The molecule has 0 aliphatic carbocycles. The van der Waals surface area contributed by atoms with Crippen molar-refractivity contribution in [2.75, 3.05) is 0 Å². The lowest BCUT2D eigenvalue weighted by Crippen LogP contribution is -2.18. The van der Waals surface area contributed by atoms with Crippen LogP contribution in [0.15, 0.2) is 35.1 Å². The van der Waals surface area contributed by atoms with Crippen LogP contribution in [-0.2, 0) is 6.54 Å². The minimum atomic E-state index is -1.07. The predicted octanol–water partition coefficient (Wildman–Crippen LogP) is 1.62. The molecular weight excluding hydrogens is 234 g/mol. The number of hydrogen-bond donors (Lipinski definition) is 2. The molecule has 94 valence electrons. The first-order chi connectivity index (χ1) is 8.66. The Morgan fingerprint density at radius 3 is 2.94 bits per heavy atom. The van der Waals surface area contributed by atoms with E-state index in [2.05, 4.69) is 15.3 Å². The number of aromatic carboxylic acids is 1. The summed E-state index contributed by atoms with van der Waals surface area (Å²) in [5.74, 6) is -0.536. The van der Waals surface area contributed by atoms with E-state index in [-0.39, 0.29) is 11.8 Å². The molecule has 2 aromatic rings. The molecule has 2 rings (SSSR count). The van der Waals surface area contributed by atoms with Crippen LogP contribution in [0, 0.1) is 0 Å². The zero-order valence-corrected chi connectivity index (χ0v) is 9.83. The highest BCUT2D eigenvalue weighted by Gasteiger charge is 2.13. The van der Waals surface area contributed by atoms with Gasteiger partial charge in [-0.05, 0) is 25.1 Å². The summed E-state index contributed by atoms with van der Waals surface area (Å²) in [7, 11) is 0. The largest absolute Gasteiger partial charge is 0.475 e. The molecule has 6 nitrogen and oxygen atoms in total. The van der Waals surface area contributed by atoms with Gasteiger partial charge in [-0.3, -0.25) is 0 Å². The average molecular weight is 247 g/mol. The molecule has 0 aromatic carbocycles. The molecule has 0 amide bonds. The van der Waals surface area contributed by atoms with Crippen molar-refractivity contribution in [3.8, 4) is 0 Å². The van der Waals surface area contributed by atoms with E-state index in [9.17, 15) is 4.79 Å². The molecule has 0 saturated carbocycles. The molecule has 1 unspecified atom stereocenters. The first-order valence-corrected chi connectivity index (χ1v) is 5.48. The maximum atomic E-state index is 10.7. The van der Waals surface area contributed by atoms with E-state index in [1.807, 2.05) is 13.0 Å². The maximum Gasteiger partial charge on any atom is 0.371 e. The normalized spacial score (nSPS) is 12.3. The highest BCUT2D eigenvalue weighted by atomic mass is 16.4. The Labute approximate surface area is 104 Å². The summed E-state index contributed by atoms with van der Waals surface area (Å²) >= 11 is 0. The number of nitrogens with zero attached hydrogens (tertiary/aromatic N) is 2. The topological polar surface area (TPSA) is 88.2 Å². The van der Waals surface area contributed by atoms with Crippen molar-refractivity contribution >= 4 is 5.97 Å². The van der Waals surface area contributed by atoms with Crippen LogP contribution in [0.4, 0.5) is 0 Å². The van der Waals surface area contributed by atoms with Crippen molar-refractivity contribution in [1.29, 1.82) is 0 Å². The Hall–Kier alpha value is -2.21. The predicted molar refractivity (Wildman–Crippen MR) is 63.0 cm³/mol. The first kappa shape index (κ1) is 12.3. The van der Waals surface area contributed by atoms with Gasteiger partial charge in [-0.1, -0.05) is 0 Å². The summed E-state index contributed by atoms with van der Waals surface area (Å²) in [5, 5.41) is 11.9. The van der Waals surface area contributed by atoms with E-state index in [1.165, 1.54) is 12.4 Å². The number of rotatable bonds is 5. The molecular formula is C12H13N3O3. The molecule has 0 aliphatic rings. The van der Waals surface area contributed by atoms with Crippen molar-refractivity contribution in [2.45, 2.75) is 19.5 Å². The van der Waals surface area contributed by atoms with Gasteiger partial charge in [0, 0.05) is 12.7 Å². The Morgan fingerprint density at radius 1 is 1.50 bits per heavy atom. The second kappa shape index (κ2) is 5.42. The van der Waals surface area contributed by atoms with Gasteiger partial charge in [-0.25, -0.2) is 14.8 Å². The van der Waals surface area contributed by atoms with Gasteiger partial charge in [0.2, 0.25) is 5.76 Å². The van der Waals surface area contributed by atoms with E-state index in [0.717, 1.165) is 5.69 Å². The summed E-state index contributed by atoms with van der Waals surface area (Å²) in [6.45, 7) is 2.46. The van der Waals surface area contributed by atoms with Gasteiger partial charge >= 0.3 is 5.97 Å². The summed E-state index contributed by atoms with van der Waals surface area (Å²) in [6.07, 6.45) is 3.15. The number of carboxylic acid groups (broad SMARTS) is 1. The fourth-order valence-electron chi connectivity index (χ4n) is 1.48. The second-order valence-electron chi connectivity index (χ2n) is 3.81. The monoisotopic (exact) mass is 247 g/mol. The average Bonchev–Trinajstić information content (AvgIpc) is 2.87. The van der Waals surface area contributed by atoms with Crippen molar-refractivity contribution < 1.29 is 14.3 Å². The van der Waals surface area contributed by atoms with Crippen molar-refractivity contribution in [3.63, 3.8) is 0 Å². The van der Waals surface area contributed by atoms with Crippen LogP contribution in [0.3, 0.4) is 0 Å². The Kier molecular flexibility index (Phi) is 3.69. The van der Waals surface area contributed by atoms with Crippen LogP contribution in [-0.4, -0.2) is 21.0 Å². The lowest BCUT2D eigenvalue weighted by molar-refractivity contribution is 0.0659. The molecule has 0 aliphatic heterocycles. The van der Waals surface area contributed by atoms with Gasteiger partial charge in [0.15, 0.2) is 0 Å². The molecule has 0 saturated heterocycles. The van der Waals surface area contributed by atoms with Gasteiger partial charge in [-0.2, -0.15) is 0 Å². The van der Waals surface area contributed by atoms with E-state index < -0.39 is 5.97 Å². The third-order valence-electron chi connectivity index (χ3n) is 2.50. The van der Waals surface area contributed by atoms with Gasteiger partial charge in [0.05, 0.1) is 11.7 Å². The van der Waals surface area contributed by atoms with E-state index in [0.29, 0.717) is 12.3 Å². The SMILES string of the molecule is CC(NCc1ccncn1)c1ccc(C(=O)O)o1. The third kappa shape index (κ3) is 2.92. The number of aromatic nitrogens is 2. The van der Waals surface area contributed by atoms with Crippen LogP contribution < -0.4 is 5.32 Å². The van der Waals surface area contributed by atoms with Crippen LogP contribution in [0.2, 0.25) is 0 Å². The third-order valence-corrected chi connectivity index (χ3v) is 2.50. The first-order valence-electron chi connectivity index (χ1n) is 5.48. The molecule has 2 aromatic heterocycles. The number of hydrogen-bond acceptors (Lipinski definition) is 5. The number of nitrogens with one attached hydrogen (secondary N) is 1. The van der Waals surface area contributed by atoms with Gasteiger partial charge in [-0.15, -0.1) is 0 Å². The molecule has 1 atom stereocenters. The minimum Gasteiger partial charge on any atom is -0.475 e. The Morgan fingerprint density at radius 2 is 2.33 bits per heavy atom. The lowest BCUT2D eigenvalue weighted by Gasteiger charge is -2.10. The second-order valence-corrected chi connectivity index (χ2v) is 3.81. The maximum absolute atomic E-state index is 10.7. The van der Waals surface area contributed by atoms with Crippen LogP contribution in [0.1, 0.15) is 35.0 Å². The molecule has 0 bridgehead atoms. The summed E-state index contributed by atoms with van der Waals surface area (Å²) in [5.41, 5.74) is 0.863. The molecule has 0 radical (unpaired) electrons. The number of carboxylic acids is 1. The smallest absolute Gasteiger partial charge is 0.371 e. The number of carbonyl (C=O) groups is 1. The standard InChI is InChI=1S/C12H13N3O3/c1-8(10-2-3-11(18-10)12(16)17)14-6-9-4-5-13-7-15-9/h2-5,7-8,14H,6H2,1H3,(H,16,17). The van der Waals surface area contributed by atoms with Gasteiger partial charge in [0.25, 0.3) is 0 Å². The van der Waals surface area contributed by atoms with Crippen molar-refractivity contribution in [1.82, 2.24) is 15.3 Å². The molecule has 2 heterocycles. The molecule has 0 spiro atoms. The Balaban J connectivity index is 1.95. The van der Waals surface area contributed by atoms with Crippen LogP contribution in [0.5, 0.6) is 0 Å². The van der Waals surface area contributed by atoms with Crippen LogP contribution >= 0.6 is 0 Å². The molecule has 18 heavy (non-hydrogen) atoms. The fraction of sp³-hybridized carbons (Fsp3) is 0.250. The molecule has 6 heteroatoms. The van der Waals surface area contributed by atoms with Crippen molar-refractivity contribution in [2.24, 2.45) is 0 Å². The number of furan rings is 1. The summed E-state index contributed by atoms with van der Waals surface area (Å²) in [4.78, 5) is 18.6. The Bertz CT molecular complexity index is 524. The summed E-state index contributed by atoms with van der Waals surface area (Å²) in [6, 6.07) is 4.82. The lowest BCUT2D eigenvalue weighted by atomic mass is 10.2.